The predicted molar refractivity (Wildman–Crippen MR) is 290 cm³/mol. The minimum Gasteiger partial charge on any atom is -1.00 e. The van der Waals surface area contributed by atoms with Crippen LogP contribution in [0, 0.1) is 41.5 Å². The molecule has 11 heteroatoms. The van der Waals surface area contributed by atoms with E-state index in [0.717, 1.165) is 0 Å². The summed E-state index contributed by atoms with van der Waals surface area (Å²) < 4.78 is 1.64. The first-order valence-corrected chi connectivity index (χ1v) is 46.5. The van der Waals surface area contributed by atoms with Crippen LogP contribution in [0.4, 0.5) is 0 Å². The summed E-state index contributed by atoms with van der Waals surface area (Å²) in [6, 6.07) is 8.17. The summed E-state index contributed by atoms with van der Waals surface area (Å²) >= 11 is 2.60. The first-order valence-electron chi connectivity index (χ1n) is 22.7. The van der Waals surface area contributed by atoms with Crippen LogP contribution in [0.1, 0.15) is 61.1 Å². The van der Waals surface area contributed by atoms with E-state index in [2.05, 4.69) is 226 Å². The molecule has 0 amide bonds. The molecule has 3 aromatic carbocycles. The average molecular weight is 1050 g/mol. The minimum absolute atomic E-state index is 0. The van der Waals surface area contributed by atoms with E-state index in [-0.39, 0.29) is 42.3 Å². The van der Waals surface area contributed by atoms with Gasteiger partial charge in [0.25, 0.3) is 0 Å². The molecular weight excluding hydrogens is 963 g/mol. The molecule has 0 nitrogen and oxygen atoms in total. The van der Waals surface area contributed by atoms with Gasteiger partial charge in [-0.05, 0) is 0 Å². The van der Waals surface area contributed by atoms with E-state index in [1.807, 2.05) is 15.6 Å². The first-order chi connectivity index (χ1) is 26.1. The van der Waals surface area contributed by atoms with Crippen LogP contribution in [-0.4, -0.2) is 56.5 Å². The normalized spacial score (nSPS) is 17.0. The molecule has 0 fully saturated rings. The van der Waals surface area contributed by atoms with E-state index < -0.39 is 56.5 Å². The molecule has 1 atom stereocenters. The summed E-state index contributed by atoms with van der Waals surface area (Å²) in [6.07, 6.45) is 0. The van der Waals surface area contributed by atoms with Crippen LogP contribution in [0.3, 0.4) is 0 Å². The molecule has 0 aromatic heterocycles. The van der Waals surface area contributed by atoms with Gasteiger partial charge in [-0.25, -0.2) is 0 Å². The van der Waals surface area contributed by atoms with Crippen molar-refractivity contribution in [1.82, 2.24) is 0 Å². The van der Waals surface area contributed by atoms with Crippen molar-refractivity contribution in [2.45, 2.75) is 192 Å². The van der Waals surface area contributed by atoms with Crippen LogP contribution in [0.25, 0.3) is 0 Å². The standard InChI is InChI=1S/C51H87Si7.3ClH.Ti/c1-33-29-42(52(11,12)13)38(6)48(45(33)55(20,21)22)58(51(10)32-36(4)37(5)41(51)9,49-39(7)43(53(14,15)16)30-34(2)46(49)56(23,24)25)50-40(8)44(54(17,18)19)31-35(3)47(50)57(26,27)28;;;;/h29-31H,1-28H3;3*1H;/q;;;;+3/p-3. The maximum absolute atomic E-state index is 3.29. The zero-order valence-electron chi connectivity index (χ0n) is 44.9. The number of rotatable bonds is 10. The van der Waals surface area contributed by atoms with Gasteiger partial charge in [-0.3, -0.25) is 0 Å². The second-order valence-corrected chi connectivity index (χ2v) is 60.4. The van der Waals surface area contributed by atoms with Gasteiger partial charge in [0.05, 0.1) is 0 Å². The zero-order valence-corrected chi connectivity index (χ0v) is 55.7. The fraction of sp³-hybridized carbons (Fsp3) is 0.569. The van der Waals surface area contributed by atoms with Crippen molar-refractivity contribution in [1.29, 1.82) is 0 Å². The molecule has 4 rings (SSSR count). The maximum atomic E-state index is 2.84. The van der Waals surface area contributed by atoms with Gasteiger partial charge in [-0.15, -0.1) is 0 Å². The van der Waals surface area contributed by atoms with Gasteiger partial charge in [0.15, 0.2) is 0 Å². The van der Waals surface area contributed by atoms with Gasteiger partial charge < -0.3 is 37.2 Å². The van der Waals surface area contributed by atoms with E-state index in [1.165, 1.54) is 0 Å². The summed E-state index contributed by atoms with van der Waals surface area (Å²) in [5.74, 6) is 0. The van der Waals surface area contributed by atoms with Crippen LogP contribution in [-0.2, 0) is 20.4 Å². The minimum atomic E-state index is -3.29. The number of aryl methyl sites for hydroxylation is 3. The number of benzene rings is 3. The molecule has 1 aliphatic carbocycles. The molecular formula is C51H87Cl3Si7Ti. The Balaban J connectivity index is 0.00000641. The van der Waals surface area contributed by atoms with Crippen LogP contribution in [0.5, 0.6) is 0 Å². The molecule has 1 unspecified atom stereocenters. The molecule has 0 radical (unpaired) electrons. The van der Waals surface area contributed by atoms with Crippen molar-refractivity contribution < 1.29 is 57.7 Å². The maximum Gasteiger partial charge on any atom is -1.00 e. The van der Waals surface area contributed by atoms with Crippen LogP contribution in [0.15, 0.2) is 38.8 Å². The summed E-state index contributed by atoms with van der Waals surface area (Å²) in [5.41, 5.74) is 14.5. The third kappa shape index (κ3) is 9.75. The first kappa shape index (κ1) is 60.3. The molecule has 62 heavy (non-hydrogen) atoms. The van der Waals surface area contributed by atoms with Crippen molar-refractivity contribution in [3.05, 3.63) is 72.2 Å². The Morgan fingerprint density at radius 3 is 0.742 bits per heavy atom. The SMILES string of the molecule is CC1=C(C)C(C)([Si](c2c(C)c([Si](C)(C)C)cc(C)c2[Si](C)(C)C)(c2c(C)c([Si](C)(C)C)cc(C)c2[Si](C)(C)C)c2c(C)c([Si](C)(C)C)cc(C)c2[Si](C)(C)C)[C]([Ti+3])=C1C.[Cl-].[Cl-].[Cl-]. The van der Waals surface area contributed by atoms with E-state index in [4.69, 9.17) is 0 Å². The van der Waals surface area contributed by atoms with Gasteiger partial charge in [-0.1, -0.05) is 0 Å². The van der Waals surface area contributed by atoms with Crippen molar-refractivity contribution in [2.24, 2.45) is 0 Å². The Hall–Kier alpha value is 0.242. The molecule has 0 spiro atoms. The third-order valence-electron chi connectivity index (χ3n) is 14.7. The quantitative estimate of drug-likeness (QED) is 0.212. The van der Waals surface area contributed by atoms with Gasteiger partial charge in [0.2, 0.25) is 0 Å². The molecule has 1 aliphatic rings. The second-order valence-electron chi connectivity index (χ2n) is 25.5. The molecule has 0 saturated heterocycles. The molecule has 0 N–H and O–H groups in total. The summed E-state index contributed by atoms with van der Waals surface area (Å²) in [6.45, 7) is 73.9. The Morgan fingerprint density at radius 1 is 0.355 bits per heavy atom. The van der Waals surface area contributed by atoms with Crippen molar-refractivity contribution in [3.63, 3.8) is 0 Å². The molecule has 0 saturated carbocycles. The molecule has 0 aliphatic heterocycles. The topological polar surface area (TPSA) is 0 Å². The predicted octanol–water partition coefficient (Wildman–Crippen LogP) is 1.22. The van der Waals surface area contributed by atoms with Crippen LogP contribution in [0.2, 0.25) is 123 Å². The molecule has 0 bridgehead atoms. The largest absolute Gasteiger partial charge is 1.00 e. The van der Waals surface area contributed by atoms with Crippen LogP contribution >= 0.6 is 0 Å². The fourth-order valence-corrected chi connectivity index (χ4v) is 38.9. The van der Waals surface area contributed by atoms with Gasteiger partial charge in [0.1, 0.15) is 0 Å². The van der Waals surface area contributed by atoms with E-state index in [9.17, 15) is 0 Å². The summed E-state index contributed by atoms with van der Waals surface area (Å²) in [5, 5.41) is 15.8. The van der Waals surface area contributed by atoms with Crippen molar-refractivity contribution in [3.8, 4) is 0 Å². The van der Waals surface area contributed by atoms with Gasteiger partial charge >= 0.3 is 388 Å². The Labute approximate surface area is 421 Å². The van der Waals surface area contributed by atoms with Crippen LogP contribution < -0.4 is 83.9 Å². The second kappa shape index (κ2) is 19.0. The molecule has 344 valence electrons. The Kier molecular flexibility index (Phi) is 18.4. The Morgan fingerprint density at radius 2 is 0.581 bits per heavy atom. The number of halogens is 3. The van der Waals surface area contributed by atoms with E-state index >= 15 is 0 Å². The zero-order chi connectivity index (χ0) is 46.1. The molecule has 0 heterocycles. The number of hydrogen-bond acceptors (Lipinski definition) is 0. The van der Waals surface area contributed by atoms with E-state index in [0.29, 0.717) is 0 Å². The van der Waals surface area contributed by atoms with E-state index in [1.54, 1.807) is 85.1 Å². The summed E-state index contributed by atoms with van der Waals surface area (Å²) in [7, 11) is -14.7. The fourth-order valence-electron chi connectivity index (χ4n) is 12.4. The smallest absolute Gasteiger partial charge is 1.00 e. The Bertz CT molecular complexity index is 2060. The monoisotopic (exact) mass is 1050 g/mol. The van der Waals surface area contributed by atoms with Gasteiger partial charge in [-0.2, -0.15) is 0 Å². The molecule has 3 aromatic rings. The van der Waals surface area contributed by atoms with Gasteiger partial charge in [0, 0.05) is 0 Å². The summed E-state index contributed by atoms with van der Waals surface area (Å²) in [4.78, 5) is 0. The number of hydrogen-bond donors (Lipinski definition) is 0. The van der Waals surface area contributed by atoms with Crippen molar-refractivity contribution in [2.75, 3.05) is 0 Å². The third-order valence-corrected chi connectivity index (χ3v) is 36.2. The number of allylic oxidation sites excluding steroid dienone is 4. The average Bonchev–Trinajstić information content (AvgIpc) is 3.17. The van der Waals surface area contributed by atoms with Crippen molar-refractivity contribution >= 4 is 103 Å².